The molecule has 0 fully saturated rings. The number of benzene rings is 2. The van der Waals surface area contributed by atoms with Gasteiger partial charge in [0.25, 0.3) is 0 Å². The van der Waals surface area contributed by atoms with Crippen molar-refractivity contribution < 1.29 is 18.7 Å². The van der Waals surface area contributed by atoms with Crippen LogP contribution in [0.1, 0.15) is 25.1 Å². The van der Waals surface area contributed by atoms with Crippen molar-refractivity contribution >= 4 is 28.6 Å². The molecule has 0 saturated heterocycles. The molecule has 0 aliphatic carbocycles. The van der Waals surface area contributed by atoms with Crippen LogP contribution < -0.4 is 21.1 Å². The van der Waals surface area contributed by atoms with Crippen molar-refractivity contribution in [2.45, 2.75) is 19.4 Å². The first-order valence-corrected chi connectivity index (χ1v) is 8.58. The Hall–Kier alpha value is -3.48. The van der Waals surface area contributed by atoms with Gasteiger partial charge >= 0.3 is 6.03 Å². The van der Waals surface area contributed by atoms with Crippen LogP contribution in [0.5, 0.6) is 5.75 Å². The molecule has 1 atom stereocenters. The highest BCUT2D eigenvalue weighted by Crippen LogP contribution is 2.23. The second-order valence-electron chi connectivity index (χ2n) is 6.10. The molecule has 0 bridgehead atoms. The molecule has 3 rings (SSSR count). The van der Waals surface area contributed by atoms with Gasteiger partial charge in [-0.2, -0.15) is 0 Å². The summed E-state index contributed by atoms with van der Waals surface area (Å²) in [4.78, 5) is 22.9. The predicted molar refractivity (Wildman–Crippen MR) is 103 cm³/mol. The quantitative estimate of drug-likeness (QED) is 0.593. The molecule has 140 valence electrons. The molecule has 4 N–H and O–H groups in total. The lowest BCUT2D eigenvalue weighted by Crippen LogP contribution is -2.30. The summed E-state index contributed by atoms with van der Waals surface area (Å²) in [5, 5.41) is 6.59. The van der Waals surface area contributed by atoms with E-state index in [2.05, 4.69) is 10.6 Å². The standard InChI is InChI=1S/C20H21N3O4/c1-13(18-12-14-4-2-3-5-17(14)27-18)22-20(25)23-15-6-8-16(9-7-15)26-11-10-19(21)24/h2-9,12-13H,10-11H2,1H3,(H2,21,24)(H2,22,23,25). The molecule has 1 aromatic heterocycles. The summed E-state index contributed by atoms with van der Waals surface area (Å²) < 4.78 is 11.1. The van der Waals surface area contributed by atoms with Crippen molar-refractivity contribution in [1.82, 2.24) is 5.32 Å². The number of hydrogen-bond donors (Lipinski definition) is 3. The molecular formula is C20H21N3O4. The zero-order chi connectivity index (χ0) is 19.2. The summed E-state index contributed by atoms with van der Waals surface area (Å²) in [6, 6.07) is 15.8. The van der Waals surface area contributed by atoms with Gasteiger partial charge in [-0.3, -0.25) is 4.79 Å². The van der Waals surface area contributed by atoms with Gasteiger partial charge in [0.1, 0.15) is 17.1 Å². The first-order valence-electron chi connectivity index (χ1n) is 8.58. The van der Waals surface area contributed by atoms with E-state index in [-0.39, 0.29) is 25.1 Å². The number of ether oxygens (including phenoxy) is 1. The molecule has 1 heterocycles. The summed E-state index contributed by atoms with van der Waals surface area (Å²) in [5.74, 6) is 0.867. The number of para-hydroxylation sites is 1. The fraction of sp³-hybridized carbons (Fsp3) is 0.200. The maximum Gasteiger partial charge on any atom is 0.319 e. The highest BCUT2D eigenvalue weighted by Gasteiger charge is 2.14. The smallest absolute Gasteiger partial charge is 0.319 e. The molecule has 1 unspecified atom stereocenters. The number of primary amides is 1. The van der Waals surface area contributed by atoms with Crippen LogP contribution in [0.3, 0.4) is 0 Å². The van der Waals surface area contributed by atoms with E-state index in [1.165, 1.54) is 0 Å². The van der Waals surface area contributed by atoms with E-state index in [1.807, 2.05) is 37.3 Å². The Kier molecular flexibility index (Phi) is 5.61. The normalized spacial score (nSPS) is 11.7. The van der Waals surface area contributed by atoms with E-state index in [9.17, 15) is 9.59 Å². The van der Waals surface area contributed by atoms with Gasteiger partial charge < -0.3 is 25.5 Å². The van der Waals surface area contributed by atoms with E-state index in [0.717, 1.165) is 11.0 Å². The summed E-state index contributed by atoms with van der Waals surface area (Å²) in [7, 11) is 0. The number of carbonyl (C=O) groups is 2. The molecule has 7 heteroatoms. The highest BCUT2D eigenvalue weighted by atomic mass is 16.5. The van der Waals surface area contributed by atoms with Crippen LogP contribution >= 0.6 is 0 Å². The summed E-state index contributed by atoms with van der Waals surface area (Å²) in [5.41, 5.74) is 6.46. The van der Waals surface area contributed by atoms with Crippen LogP contribution in [0.4, 0.5) is 10.5 Å². The average molecular weight is 367 g/mol. The lowest BCUT2D eigenvalue weighted by molar-refractivity contribution is -0.118. The number of anilines is 1. The summed E-state index contributed by atoms with van der Waals surface area (Å²) in [6.07, 6.45) is 0.155. The van der Waals surface area contributed by atoms with Crippen molar-refractivity contribution in [1.29, 1.82) is 0 Å². The van der Waals surface area contributed by atoms with Crippen molar-refractivity contribution in [3.63, 3.8) is 0 Å². The van der Waals surface area contributed by atoms with E-state index >= 15 is 0 Å². The zero-order valence-corrected chi connectivity index (χ0v) is 14.9. The topological polar surface area (TPSA) is 107 Å². The Morgan fingerprint density at radius 3 is 2.59 bits per heavy atom. The second kappa shape index (κ2) is 8.27. The second-order valence-corrected chi connectivity index (χ2v) is 6.10. The number of carbonyl (C=O) groups excluding carboxylic acids is 2. The molecule has 7 nitrogen and oxygen atoms in total. The minimum absolute atomic E-state index is 0.155. The lowest BCUT2D eigenvalue weighted by Gasteiger charge is -2.13. The zero-order valence-electron chi connectivity index (χ0n) is 14.9. The molecule has 0 aliphatic rings. The molecule has 0 saturated carbocycles. The number of hydrogen-bond acceptors (Lipinski definition) is 4. The third kappa shape index (κ3) is 5.01. The molecular weight excluding hydrogens is 346 g/mol. The SMILES string of the molecule is CC(NC(=O)Nc1ccc(OCCC(N)=O)cc1)c1cc2ccccc2o1. The maximum atomic E-state index is 12.2. The fourth-order valence-electron chi connectivity index (χ4n) is 2.55. The fourth-order valence-corrected chi connectivity index (χ4v) is 2.55. The average Bonchev–Trinajstić information content (AvgIpc) is 3.07. The molecule has 3 aromatic rings. The predicted octanol–water partition coefficient (Wildman–Crippen LogP) is 3.57. The van der Waals surface area contributed by atoms with E-state index in [0.29, 0.717) is 17.2 Å². The summed E-state index contributed by atoms with van der Waals surface area (Å²) >= 11 is 0. The van der Waals surface area contributed by atoms with Crippen LogP contribution in [0, 0.1) is 0 Å². The van der Waals surface area contributed by atoms with Gasteiger partial charge in [0, 0.05) is 11.1 Å². The summed E-state index contributed by atoms with van der Waals surface area (Å²) in [6.45, 7) is 2.07. The van der Waals surface area contributed by atoms with E-state index in [4.69, 9.17) is 14.9 Å². The Morgan fingerprint density at radius 1 is 1.15 bits per heavy atom. The van der Waals surface area contributed by atoms with Crippen molar-refractivity contribution in [2.75, 3.05) is 11.9 Å². The van der Waals surface area contributed by atoms with Crippen LogP contribution in [-0.2, 0) is 4.79 Å². The number of furan rings is 1. The number of rotatable bonds is 7. The van der Waals surface area contributed by atoms with Crippen molar-refractivity contribution in [3.05, 3.63) is 60.4 Å². The number of nitrogens with one attached hydrogen (secondary N) is 2. The Labute approximate surface area is 156 Å². The molecule has 27 heavy (non-hydrogen) atoms. The molecule has 0 aliphatic heterocycles. The third-order valence-electron chi connectivity index (χ3n) is 3.95. The minimum atomic E-state index is -0.413. The third-order valence-corrected chi connectivity index (χ3v) is 3.95. The first kappa shape index (κ1) is 18.3. The van der Waals surface area contributed by atoms with Crippen molar-refractivity contribution in [2.24, 2.45) is 5.73 Å². The van der Waals surface area contributed by atoms with Gasteiger partial charge in [-0.15, -0.1) is 0 Å². The van der Waals surface area contributed by atoms with E-state index < -0.39 is 5.91 Å². The van der Waals surface area contributed by atoms with Crippen LogP contribution in [0.25, 0.3) is 11.0 Å². The number of urea groups is 1. The van der Waals surface area contributed by atoms with Gasteiger partial charge in [0.15, 0.2) is 0 Å². The highest BCUT2D eigenvalue weighted by molar-refractivity contribution is 5.89. The lowest BCUT2D eigenvalue weighted by atomic mass is 10.2. The van der Waals surface area contributed by atoms with Gasteiger partial charge in [-0.1, -0.05) is 18.2 Å². The monoisotopic (exact) mass is 367 g/mol. The first-order chi connectivity index (χ1) is 13.0. The Bertz CT molecular complexity index is 901. The number of nitrogens with two attached hydrogens (primary N) is 1. The van der Waals surface area contributed by atoms with Gasteiger partial charge in [-0.25, -0.2) is 4.79 Å². The van der Waals surface area contributed by atoms with Crippen LogP contribution in [-0.4, -0.2) is 18.5 Å². The maximum absolute atomic E-state index is 12.2. The largest absolute Gasteiger partial charge is 0.493 e. The minimum Gasteiger partial charge on any atom is -0.493 e. The molecule has 0 radical (unpaired) electrons. The van der Waals surface area contributed by atoms with Crippen LogP contribution in [0.15, 0.2) is 59.0 Å². The van der Waals surface area contributed by atoms with Gasteiger partial charge in [0.05, 0.1) is 19.1 Å². The van der Waals surface area contributed by atoms with Crippen molar-refractivity contribution in [3.8, 4) is 5.75 Å². The molecule has 2 aromatic carbocycles. The molecule has 3 amide bonds. The van der Waals surface area contributed by atoms with E-state index in [1.54, 1.807) is 24.3 Å². The number of amides is 3. The van der Waals surface area contributed by atoms with Gasteiger partial charge in [-0.05, 0) is 43.3 Å². The Morgan fingerprint density at radius 2 is 1.89 bits per heavy atom. The number of fused-ring (bicyclic) bond motifs is 1. The Balaban J connectivity index is 1.53. The van der Waals surface area contributed by atoms with Gasteiger partial charge in [0.2, 0.25) is 5.91 Å². The van der Waals surface area contributed by atoms with Crippen LogP contribution in [0.2, 0.25) is 0 Å². The molecule has 0 spiro atoms.